The largest absolute Gasteiger partial charge is 0.497 e. The number of hydrogen-bond donors (Lipinski definition) is 1. The van der Waals surface area contributed by atoms with Crippen LogP contribution in [0.1, 0.15) is 31.5 Å². The van der Waals surface area contributed by atoms with Gasteiger partial charge in [0.15, 0.2) is 0 Å². The van der Waals surface area contributed by atoms with E-state index < -0.39 is 0 Å². The van der Waals surface area contributed by atoms with Crippen LogP contribution < -0.4 is 15.2 Å². The number of methoxy groups -OCH3 is 2. The molecule has 112 valence electrons. The van der Waals surface area contributed by atoms with Gasteiger partial charge in [-0.3, -0.25) is 0 Å². The summed E-state index contributed by atoms with van der Waals surface area (Å²) in [5.74, 6) is 3.85. The molecule has 1 aromatic heterocycles. The number of anilines is 1. The number of benzene rings is 1. The van der Waals surface area contributed by atoms with Crippen LogP contribution in [-0.4, -0.2) is 23.8 Å². The Morgan fingerprint density at radius 1 is 1.29 bits per heavy atom. The second-order valence-electron chi connectivity index (χ2n) is 5.29. The maximum atomic E-state index is 6.32. The molecule has 2 aromatic rings. The fourth-order valence-electron chi connectivity index (χ4n) is 2.66. The van der Waals surface area contributed by atoms with Crippen molar-refractivity contribution in [2.75, 3.05) is 20.0 Å². The van der Waals surface area contributed by atoms with Crippen LogP contribution in [0.25, 0.3) is 11.3 Å². The van der Waals surface area contributed by atoms with Gasteiger partial charge in [-0.1, -0.05) is 0 Å². The fraction of sp³-hybridized carbons (Fsp3) is 0.438. The Bertz CT molecular complexity index is 660. The van der Waals surface area contributed by atoms with Gasteiger partial charge in [0.1, 0.15) is 28.8 Å². The normalized spacial score (nSPS) is 14.2. The van der Waals surface area contributed by atoms with Gasteiger partial charge in [0, 0.05) is 24.1 Å². The van der Waals surface area contributed by atoms with E-state index in [-0.39, 0.29) is 0 Å². The van der Waals surface area contributed by atoms with Crippen molar-refractivity contribution in [3.05, 3.63) is 24.0 Å². The molecular weight excluding hydrogens is 266 g/mol. The van der Waals surface area contributed by atoms with Gasteiger partial charge >= 0.3 is 0 Å². The summed E-state index contributed by atoms with van der Waals surface area (Å²) < 4.78 is 12.8. The summed E-state index contributed by atoms with van der Waals surface area (Å²) in [6.45, 7) is 2.93. The van der Waals surface area contributed by atoms with E-state index in [1.165, 1.54) is 12.8 Å². The van der Waals surface area contributed by atoms with E-state index in [4.69, 9.17) is 20.2 Å². The first-order valence-corrected chi connectivity index (χ1v) is 7.27. The lowest BCUT2D eigenvalue weighted by Crippen LogP contribution is -2.04. The molecule has 0 spiro atoms. The smallest absolute Gasteiger partial charge is 0.132 e. The number of rotatable bonds is 5. The van der Waals surface area contributed by atoms with E-state index in [0.717, 1.165) is 35.1 Å². The Kier molecular flexibility index (Phi) is 3.49. The molecule has 5 nitrogen and oxygen atoms in total. The van der Waals surface area contributed by atoms with Crippen LogP contribution in [0.15, 0.2) is 18.2 Å². The third-order valence-electron chi connectivity index (χ3n) is 3.96. The highest BCUT2D eigenvalue weighted by Gasteiger charge is 2.31. The van der Waals surface area contributed by atoms with Crippen LogP contribution in [0.5, 0.6) is 11.5 Å². The minimum absolute atomic E-state index is 0.560. The van der Waals surface area contributed by atoms with Gasteiger partial charge in [-0.15, -0.1) is 0 Å². The van der Waals surface area contributed by atoms with Crippen molar-refractivity contribution >= 4 is 5.82 Å². The van der Waals surface area contributed by atoms with Crippen molar-refractivity contribution in [2.45, 2.75) is 32.2 Å². The second kappa shape index (κ2) is 5.31. The summed E-state index contributed by atoms with van der Waals surface area (Å²) >= 11 is 0. The lowest BCUT2D eigenvalue weighted by atomic mass is 10.1. The van der Waals surface area contributed by atoms with Crippen LogP contribution >= 0.6 is 0 Å². The summed E-state index contributed by atoms with van der Waals surface area (Å²) in [4.78, 5) is 4.79. The zero-order valence-electron chi connectivity index (χ0n) is 12.7. The van der Waals surface area contributed by atoms with E-state index >= 15 is 0 Å². The third-order valence-corrected chi connectivity index (χ3v) is 3.96. The lowest BCUT2D eigenvalue weighted by Gasteiger charge is -2.09. The van der Waals surface area contributed by atoms with Crippen molar-refractivity contribution in [1.82, 2.24) is 9.55 Å². The Hall–Kier alpha value is -2.17. The quantitative estimate of drug-likeness (QED) is 0.918. The first kappa shape index (κ1) is 13.8. The third kappa shape index (κ3) is 2.33. The molecule has 5 heteroatoms. The monoisotopic (exact) mass is 287 g/mol. The highest BCUT2D eigenvalue weighted by molar-refractivity contribution is 5.77. The molecule has 0 radical (unpaired) electrons. The van der Waals surface area contributed by atoms with Crippen LogP contribution in [0.3, 0.4) is 0 Å². The first-order chi connectivity index (χ1) is 10.2. The second-order valence-corrected chi connectivity index (χ2v) is 5.29. The van der Waals surface area contributed by atoms with Crippen molar-refractivity contribution in [1.29, 1.82) is 0 Å². The maximum absolute atomic E-state index is 6.32. The number of nitrogens with two attached hydrogens (primary N) is 1. The molecule has 1 fully saturated rings. The summed E-state index contributed by atoms with van der Waals surface area (Å²) in [5.41, 5.74) is 8.03. The van der Waals surface area contributed by atoms with Crippen molar-refractivity contribution < 1.29 is 9.47 Å². The average Bonchev–Trinajstić information content (AvgIpc) is 3.30. The maximum Gasteiger partial charge on any atom is 0.132 e. The summed E-state index contributed by atoms with van der Waals surface area (Å²) in [7, 11) is 3.28. The predicted octanol–water partition coefficient (Wildman–Crippen LogP) is 3.05. The minimum atomic E-state index is 0.560. The van der Waals surface area contributed by atoms with E-state index in [1.54, 1.807) is 14.2 Å². The van der Waals surface area contributed by atoms with Gasteiger partial charge in [-0.2, -0.15) is 0 Å². The highest BCUT2D eigenvalue weighted by Crippen LogP contribution is 2.43. The Labute approximate surface area is 124 Å². The van der Waals surface area contributed by atoms with Gasteiger partial charge in [-0.05, 0) is 31.9 Å². The van der Waals surface area contributed by atoms with E-state index in [0.29, 0.717) is 11.7 Å². The molecule has 2 N–H and O–H groups in total. The van der Waals surface area contributed by atoms with E-state index in [2.05, 4.69) is 11.5 Å². The number of nitrogen functional groups attached to an aromatic ring is 1. The molecule has 0 amide bonds. The van der Waals surface area contributed by atoms with Gasteiger partial charge < -0.3 is 19.8 Å². The zero-order valence-corrected chi connectivity index (χ0v) is 12.7. The summed E-state index contributed by atoms with van der Waals surface area (Å²) in [6, 6.07) is 5.71. The van der Waals surface area contributed by atoms with Crippen LogP contribution in [0.4, 0.5) is 5.82 Å². The van der Waals surface area contributed by atoms with Crippen LogP contribution in [0, 0.1) is 0 Å². The number of hydrogen-bond acceptors (Lipinski definition) is 4. The Morgan fingerprint density at radius 3 is 2.62 bits per heavy atom. The molecule has 0 aliphatic heterocycles. The molecule has 21 heavy (non-hydrogen) atoms. The molecule has 1 saturated carbocycles. The van der Waals surface area contributed by atoms with Crippen molar-refractivity contribution in [3.8, 4) is 22.8 Å². The SMILES string of the molecule is CCn1c(C2CC2)nc(-c2ccc(OC)cc2OC)c1N. The van der Waals surface area contributed by atoms with Gasteiger partial charge in [0.2, 0.25) is 0 Å². The molecule has 0 bridgehead atoms. The fourth-order valence-corrected chi connectivity index (χ4v) is 2.66. The summed E-state index contributed by atoms with van der Waals surface area (Å²) in [5, 5.41) is 0. The van der Waals surface area contributed by atoms with Gasteiger partial charge in [0.25, 0.3) is 0 Å². The highest BCUT2D eigenvalue weighted by atomic mass is 16.5. The summed E-state index contributed by atoms with van der Waals surface area (Å²) in [6.07, 6.45) is 2.41. The molecule has 1 aromatic carbocycles. The number of ether oxygens (including phenoxy) is 2. The van der Waals surface area contributed by atoms with Crippen LogP contribution in [0.2, 0.25) is 0 Å². The topological polar surface area (TPSA) is 62.3 Å². The van der Waals surface area contributed by atoms with Crippen molar-refractivity contribution in [3.63, 3.8) is 0 Å². The van der Waals surface area contributed by atoms with E-state index in [9.17, 15) is 0 Å². The first-order valence-electron chi connectivity index (χ1n) is 7.27. The predicted molar refractivity (Wildman–Crippen MR) is 82.8 cm³/mol. The molecule has 1 aliphatic carbocycles. The van der Waals surface area contributed by atoms with Crippen LogP contribution in [-0.2, 0) is 6.54 Å². The molecule has 1 heterocycles. The molecular formula is C16H21N3O2. The van der Waals surface area contributed by atoms with Gasteiger partial charge in [-0.25, -0.2) is 4.98 Å². The molecule has 3 rings (SSSR count). The minimum Gasteiger partial charge on any atom is -0.497 e. The number of aromatic nitrogens is 2. The number of nitrogens with zero attached hydrogens (tertiary/aromatic N) is 2. The Morgan fingerprint density at radius 2 is 2.05 bits per heavy atom. The number of imidazole rings is 1. The Balaban J connectivity index is 2.12. The lowest BCUT2D eigenvalue weighted by molar-refractivity contribution is 0.395. The standard InChI is InChI=1S/C16H21N3O2/c1-4-19-15(17)14(18-16(19)10-5-6-10)12-8-7-11(20-2)9-13(12)21-3/h7-10H,4-6,17H2,1-3H3. The van der Waals surface area contributed by atoms with E-state index in [1.807, 2.05) is 18.2 Å². The molecule has 0 atom stereocenters. The zero-order chi connectivity index (χ0) is 15.0. The molecule has 0 unspecified atom stereocenters. The van der Waals surface area contributed by atoms with Gasteiger partial charge in [0.05, 0.1) is 14.2 Å². The molecule has 0 saturated heterocycles. The molecule has 1 aliphatic rings. The average molecular weight is 287 g/mol. The van der Waals surface area contributed by atoms with Crippen molar-refractivity contribution in [2.24, 2.45) is 0 Å².